The molecule has 3 aromatic rings. The van der Waals surface area contributed by atoms with E-state index in [0.29, 0.717) is 15.2 Å². The lowest BCUT2D eigenvalue weighted by Crippen LogP contribution is -2.07. The molecule has 1 aromatic carbocycles. The predicted octanol–water partition coefficient (Wildman–Crippen LogP) is 4.89. The molecule has 0 aliphatic carbocycles. The smallest absolute Gasteiger partial charge is 0.409 e. The molecule has 2 heterocycles. The van der Waals surface area contributed by atoms with Crippen molar-refractivity contribution in [1.29, 1.82) is 0 Å². The third kappa shape index (κ3) is 2.70. The molecule has 0 saturated carbocycles. The SMILES string of the molecule is O=C(O)Nc1cc(F)c(-c2nc3ccnc(Cl)c3s2)c(Cl)c1. The van der Waals surface area contributed by atoms with Gasteiger partial charge in [0.05, 0.1) is 20.8 Å². The van der Waals surface area contributed by atoms with Crippen molar-refractivity contribution in [1.82, 2.24) is 9.97 Å². The van der Waals surface area contributed by atoms with Crippen molar-refractivity contribution < 1.29 is 14.3 Å². The molecule has 0 bridgehead atoms. The summed E-state index contributed by atoms with van der Waals surface area (Å²) >= 11 is 13.2. The van der Waals surface area contributed by atoms with E-state index in [4.69, 9.17) is 28.3 Å². The Morgan fingerprint density at radius 3 is 2.77 bits per heavy atom. The van der Waals surface area contributed by atoms with Gasteiger partial charge in [0.1, 0.15) is 16.0 Å². The predicted molar refractivity (Wildman–Crippen MR) is 84.5 cm³/mol. The van der Waals surface area contributed by atoms with Gasteiger partial charge in [0.25, 0.3) is 0 Å². The Kier molecular flexibility index (Phi) is 3.86. The molecule has 2 aromatic heterocycles. The second-order valence-corrected chi connectivity index (χ2v) is 5.98. The zero-order chi connectivity index (χ0) is 15.9. The first kappa shape index (κ1) is 15.0. The van der Waals surface area contributed by atoms with Gasteiger partial charge in [0, 0.05) is 11.9 Å². The largest absolute Gasteiger partial charge is 0.465 e. The lowest BCUT2D eigenvalue weighted by atomic mass is 10.2. The minimum atomic E-state index is -1.30. The minimum Gasteiger partial charge on any atom is -0.465 e. The van der Waals surface area contributed by atoms with Gasteiger partial charge in [-0.15, -0.1) is 11.3 Å². The molecular weight excluding hydrogens is 352 g/mol. The highest BCUT2D eigenvalue weighted by Crippen LogP contribution is 2.39. The van der Waals surface area contributed by atoms with Gasteiger partial charge in [-0.05, 0) is 18.2 Å². The van der Waals surface area contributed by atoms with Crippen LogP contribution in [-0.2, 0) is 0 Å². The van der Waals surface area contributed by atoms with Crippen molar-refractivity contribution in [2.75, 3.05) is 5.32 Å². The summed E-state index contributed by atoms with van der Waals surface area (Å²) in [5.74, 6) is -0.681. The molecule has 3 rings (SSSR count). The van der Waals surface area contributed by atoms with Gasteiger partial charge in [-0.25, -0.2) is 19.2 Å². The number of amides is 1. The van der Waals surface area contributed by atoms with Crippen molar-refractivity contribution in [2.45, 2.75) is 0 Å². The number of nitrogens with zero attached hydrogens (tertiary/aromatic N) is 2. The second-order valence-electron chi connectivity index (χ2n) is 4.21. The number of halogens is 3. The number of fused-ring (bicyclic) bond motifs is 1. The number of nitrogens with one attached hydrogen (secondary N) is 1. The summed E-state index contributed by atoms with van der Waals surface area (Å²) in [6.45, 7) is 0. The lowest BCUT2D eigenvalue weighted by Gasteiger charge is -2.06. The highest BCUT2D eigenvalue weighted by atomic mass is 35.5. The van der Waals surface area contributed by atoms with E-state index < -0.39 is 11.9 Å². The van der Waals surface area contributed by atoms with Gasteiger partial charge >= 0.3 is 6.09 Å². The summed E-state index contributed by atoms with van der Waals surface area (Å²) in [5.41, 5.74) is 0.720. The van der Waals surface area contributed by atoms with Gasteiger partial charge in [-0.1, -0.05) is 23.2 Å². The van der Waals surface area contributed by atoms with Crippen LogP contribution < -0.4 is 5.32 Å². The number of pyridine rings is 1. The van der Waals surface area contributed by atoms with Crippen molar-refractivity contribution in [3.63, 3.8) is 0 Å². The van der Waals surface area contributed by atoms with Crippen molar-refractivity contribution in [3.05, 3.63) is 40.4 Å². The van der Waals surface area contributed by atoms with E-state index in [0.717, 1.165) is 17.4 Å². The standard InChI is InChI=1S/C13H6Cl2FN3O2S/c14-6-3-5(18-13(20)21)4-7(16)9(6)12-19-8-1-2-17-11(15)10(8)22-12/h1-4,18H,(H,20,21). The lowest BCUT2D eigenvalue weighted by molar-refractivity contribution is 0.210. The van der Waals surface area contributed by atoms with E-state index in [2.05, 4.69) is 9.97 Å². The van der Waals surface area contributed by atoms with Crippen molar-refractivity contribution in [3.8, 4) is 10.6 Å². The number of hydrogen-bond acceptors (Lipinski definition) is 4. The average Bonchev–Trinajstić information content (AvgIpc) is 2.82. The van der Waals surface area contributed by atoms with Crippen LogP contribution in [0.3, 0.4) is 0 Å². The Morgan fingerprint density at radius 1 is 1.36 bits per heavy atom. The van der Waals surface area contributed by atoms with Gasteiger partial charge in [-0.2, -0.15) is 0 Å². The number of rotatable bonds is 2. The van der Waals surface area contributed by atoms with Crippen LogP contribution in [0.1, 0.15) is 0 Å². The molecule has 0 radical (unpaired) electrons. The molecule has 0 saturated heterocycles. The summed E-state index contributed by atoms with van der Waals surface area (Å²) in [7, 11) is 0. The maximum atomic E-state index is 14.3. The highest BCUT2D eigenvalue weighted by molar-refractivity contribution is 7.22. The Balaban J connectivity index is 2.14. The molecule has 0 spiro atoms. The molecule has 1 amide bonds. The highest BCUT2D eigenvalue weighted by Gasteiger charge is 2.18. The van der Waals surface area contributed by atoms with Crippen LogP contribution >= 0.6 is 34.5 Å². The van der Waals surface area contributed by atoms with E-state index in [1.807, 2.05) is 5.32 Å². The van der Waals surface area contributed by atoms with Crippen LogP contribution in [0.2, 0.25) is 10.2 Å². The van der Waals surface area contributed by atoms with E-state index in [9.17, 15) is 9.18 Å². The van der Waals surface area contributed by atoms with Crippen LogP contribution in [0, 0.1) is 5.82 Å². The number of carboxylic acid groups (broad SMARTS) is 1. The maximum Gasteiger partial charge on any atom is 0.409 e. The molecule has 0 aliphatic rings. The van der Waals surface area contributed by atoms with E-state index in [1.54, 1.807) is 6.07 Å². The topological polar surface area (TPSA) is 75.1 Å². The van der Waals surface area contributed by atoms with Gasteiger partial charge in [0.15, 0.2) is 0 Å². The van der Waals surface area contributed by atoms with Crippen LogP contribution in [0.5, 0.6) is 0 Å². The first-order valence-corrected chi connectivity index (χ1v) is 7.43. The van der Waals surface area contributed by atoms with E-state index >= 15 is 0 Å². The third-order valence-electron chi connectivity index (χ3n) is 2.77. The molecule has 0 unspecified atom stereocenters. The normalized spacial score (nSPS) is 10.9. The van der Waals surface area contributed by atoms with Crippen molar-refractivity contribution in [2.24, 2.45) is 0 Å². The van der Waals surface area contributed by atoms with Crippen LogP contribution in [0.4, 0.5) is 14.9 Å². The fourth-order valence-electron chi connectivity index (χ4n) is 1.90. The molecule has 5 nitrogen and oxygen atoms in total. The third-order valence-corrected chi connectivity index (χ3v) is 4.56. The van der Waals surface area contributed by atoms with Crippen LogP contribution in [0.25, 0.3) is 20.8 Å². The Labute approximate surface area is 137 Å². The summed E-state index contributed by atoms with van der Waals surface area (Å²) in [4.78, 5) is 18.8. The van der Waals surface area contributed by atoms with Crippen molar-refractivity contribution >= 4 is 56.5 Å². The molecule has 0 atom stereocenters. The summed E-state index contributed by atoms with van der Waals surface area (Å²) in [6.07, 6.45) is 0.201. The first-order chi connectivity index (χ1) is 10.5. The van der Waals surface area contributed by atoms with Gasteiger partial charge in [0.2, 0.25) is 0 Å². The molecule has 2 N–H and O–H groups in total. The number of thiazole rings is 1. The monoisotopic (exact) mass is 357 g/mol. The Morgan fingerprint density at radius 2 is 2.14 bits per heavy atom. The number of anilines is 1. The molecule has 0 aliphatic heterocycles. The van der Waals surface area contributed by atoms with E-state index in [-0.39, 0.29) is 21.4 Å². The summed E-state index contributed by atoms with van der Waals surface area (Å²) in [5, 5.41) is 11.4. The maximum absolute atomic E-state index is 14.3. The fourth-order valence-corrected chi connectivity index (χ4v) is 3.53. The number of aromatic nitrogens is 2. The first-order valence-electron chi connectivity index (χ1n) is 5.86. The average molecular weight is 358 g/mol. The zero-order valence-corrected chi connectivity index (χ0v) is 12.9. The van der Waals surface area contributed by atoms with E-state index in [1.165, 1.54) is 12.3 Å². The minimum absolute atomic E-state index is 0.0413. The number of benzene rings is 1. The molecule has 0 fully saturated rings. The molecule has 22 heavy (non-hydrogen) atoms. The quantitative estimate of drug-likeness (QED) is 0.640. The van der Waals surface area contributed by atoms with Crippen LogP contribution in [-0.4, -0.2) is 21.2 Å². The second kappa shape index (κ2) is 5.68. The van der Waals surface area contributed by atoms with Gasteiger partial charge in [-0.3, -0.25) is 5.32 Å². The number of carbonyl (C=O) groups is 1. The molecule has 9 heteroatoms. The van der Waals surface area contributed by atoms with Crippen LogP contribution in [0.15, 0.2) is 24.4 Å². The summed E-state index contributed by atoms with van der Waals surface area (Å²) < 4.78 is 14.9. The Bertz CT molecular complexity index is 877. The fraction of sp³-hybridized carbons (Fsp3) is 0. The molecule has 112 valence electrons. The Hall–Kier alpha value is -1.96. The molecular formula is C13H6Cl2FN3O2S. The zero-order valence-electron chi connectivity index (χ0n) is 10.6. The van der Waals surface area contributed by atoms with Gasteiger partial charge < -0.3 is 5.11 Å². The number of hydrogen-bond donors (Lipinski definition) is 2. The summed E-state index contributed by atoms with van der Waals surface area (Å²) in [6, 6.07) is 4.02.